The van der Waals surface area contributed by atoms with Crippen LogP contribution in [0, 0.1) is 0 Å². The molecule has 0 spiro atoms. The normalized spacial score (nSPS) is 13.6. The molecule has 0 aromatic heterocycles. The second-order valence-corrected chi connectivity index (χ2v) is 3.90. The average Bonchev–Trinajstić information content (AvgIpc) is 2.53. The summed E-state index contributed by atoms with van der Waals surface area (Å²) in [4.78, 5) is 0. The van der Waals surface area contributed by atoms with Gasteiger partial charge in [-0.15, -0.1) is 0 Å². The Balaban J connectivity index is 2.27. The van der Waals surface area contributed by atoms with Crippen molar-refractivity contribution in [2.75, 3.05) is 0 Å². The van der Waals surface area contributed by atoms with Crippen LogP contribution in [0.15, 0.2) is 36.4 Å². The highest BCUT2D eigenvalue weighted by molar-refractivity contribution is 9.24. The summed E-state index contributed by atoms with van der Waals surface area (Å²) in [6.07, 6.45) is 0. The summed E-state index contributed by atoms with van der Waals surface area (Å²) in [5, 5.41) is 2.33. The van der Waals surface area contributed by atoms with Gasteiger partial charge in [0.1, 0.15) is 11.5 Å². The topological polar surface area (TPSA) is 18.5 Å². The molecule has 0 atom stereocenters. The van der Waals surface area contributed by atoms with Gasteiger partial charge < -0.3 is 9.31 Å². The van der Waals surface area contributed by atoms with Crippen LogP contribution in [0.25, 0.3) is 10.8 Å². The highest BCUT2D eigenvalue weighted by Crippen LogP contribution is 2.38. The lowest BCUT2D eigenvalue weighted by molar-refractivity contribution is 0.534. The molecule has 0 saturated heterocycles. The fourth-order valence-corrected chi connectivity index (χ4v) is 2.01. The van der Waals surface area contributed by atoms with Gasteiger partial charge in [-0.2, -0.15) is 0 Å². The van der Waals surface area contributed by atoms with E-state index in [0.29, 0.717) is 0 Å². The van der Waals surface area contributed by atoms with Crippen LogP contribution in [-0.4, -0.2) is 5.94 Å². The van der Waals surface area contributed by atoms with E-state index in [1.807, 2.05) is 24.3 Å². The number of benzene rings is 2. The Labute approximate surface area is 89.9 Å². The van der Waals surface area contributed by atoms with Gasteiger partial charge in [0, 0.05) is 0 Å². The van der Waals surface area contributed by atoms with Gasteiger partial charge in [-0.3, -0.25) is 0 Å². The van der Waals surface area contributed by atoms with Crippen LogP contribution in [0.3, 0.4) is 0 Å². The van der Waals surface area contributed by atoms with E-state index in [4.69, 9.17) is 9.31 Å². The highest BCUT2D eigenvalue weighted by Gasteiger charge is 2.28. The van der Waals surface area contributed by atoms with Crippen LogP contribution in [0.5, 0.6) is 11.5 Å². The van der Waals surface area contributed by atoms with Crippen LogP contribution < -0.4 is 9.31 Å². The summed E-state index contributed by atoms with van der Waals surface area (Å²) in [5.74, 6) is 1.24. The predicted molar refractivity (Wildman–Crippen MR) is 59.9 cm³/mol. The Bertz CT molecular complexity index is 456. The quantitative estimate of drug-likeness (QED) is 0.668. The van der Waals surface area contributed by atoms with Crippen LogP contribution in [0.1, 0.15) is 0 Å². The minimum Gasteiger partial charge on any atom is -0.514 e. The molecular weight excluding hydrogens is 243 g/mol. The Kier molecular flexibility index (Phi) is 1.71. The smallest absolute Gasteiger partial charge is 0.514 e. The van der Waals surface area contributed by atoms with Gasteiger partial charge >= 0.3 is 5.94 Å². The van der Waals surface area contributed by atoms with Crippen molar-refractivity contribution in [3.8, 4) is 11.5 Å². The fourth-order valence-electron chi connectivity index (χ4n) is 1.61. The van der Waals surface area contributed by atoms with Gasteiger partial charge in [-0.1, -0.05) is 24.3 Å². The van der Waals surface area contributed by atoms with Crippen molar-refractivity contribution in [2.24, 2.45) is 0 Å². The first-order valence-electron chi connectivity index (χ1n) is 4.33. The number of hydrogen-bond acceptors (Lipinski definition) is 2. The van der Waals surface area contributed by atoms with E-state index in [1.54, 1.807) is 0 Å². The zero-order valence-corrected chi connectivity index (χ0v) is 8.82. The summed E-state index contributed by atoms with van der Waals surface area (Å²) in [6, 6.07) is 12.1. The Hall–Kier alpha value is -1.16. The van der Waals surface area contributed by atoms with Gasteiger partial charge in [0.05, 0.1) is 0 Å². The molecule has 0 saturated carbocycles. The van der Waals surface area contributed by atoms with E-state index in [1.165, 1.54) is 0 Å². The van der Waals surface area contributed by atoms with E-state index in [2.05, 4.69) is 27.9 Å². The molecule has 4 heteroatoms. The molecule has 0 unspecified atom stereocenters. The Morgan fingerprint density at radius 1 is 0.929 bits per heavy atom. The number of fused-ring (bicyclic) bond motifs is 2. The SMILES string of the molecule is BrB1Oc2cc3ccccc3cc2O1. The number of halogens is 1. The monoisotopic (exact) mass is 248 g/mol. The van der Waals surface area contributed by atoms with E-state index in [0.717, 1.165) is 22.3 Å². The first kappa shape index (κ1) is 8.18. The molecule has 0 N–H and O–H groups in total. The summed E-state index contributed by atoms with van der Waals surface area (Å²) in [6.45, 7) is 0. The highest BCUT2D eigenvalue weighted by atomic mass is 79.9. The van der Waals surface area contributed by atoms with E-state index in [9.17, 15) is 0 Å². The molecule has 1 aliphatic heterocycles. The molecule has 0 fully saturated rings. The maximum atomic E-state index is 5.41. The lowest BCUT2D eigenvalue weighted by Gasteiger charge is -2.00. The molecule has 2 aromatic rings. The predicted octanol–water partition coefficient (Wildman–Crippen LogP) is 2.99. The lowest BCUT2D eigenvalue weighted by atomic mass is 10.1. The van der Waals surface area contributed by atoms with E-state index < -0.39 is 0 Å². The third-order valence-electron chi connectivity index (χ3n) is 2.25. The maximum absolute atomic E-state index is 5.41. The summed E-state index contributed by atoms with van der Waals surface area (Å²) in [7, 11) is 0. The molecule has 0 amide bonds. The van der Waals surface area contributed by atoms with Crippen LogP contribution in [0.4, 0.5) is 0 Å². The van der Waals surface area contributed by atoms with Gasteiger partial charge in [0.15, 0.2) is 0 Å². The van der Waals surface area contributed by atoms with Crippen LogP contribution in [0.2, 0.25) is 0 Å². The number of rotatable bonds is 0. The minimum absolute atomic E-state index is 0.352. The van der Waals surface area contributed by atoms with Crippen molar-refractivity contribution >= 4 is 32.5 Å². The number of hydrogen-bond donors (Lipinski definition) is 0. The molecule has 0 bridgehead atoms. The second-order valence-electron chi connectivity index (χ2n) is 3.16. The zero-order valence-electron chi connectivity index (χ0n) is 7.24. The van der Waals surface area contributed by atoms with Crippen molar-refractivity contribution in [1.82, 2.24) is 0 Å². The molecule has 0 radical (unpaired) electrons. The molecule has 2 aromatic carbocycles. The van der Waals surface area contributed by atoms with Gasteiger partial charge in [0.2, 0.25) is 0 Å². The molecule has 68 valence electrons. The van der Waals surface area contributed by atoms with Crippen molar-refractivity contribution < 1.29 is 9.31 Å². The largest absolute Gasteiger partial charge is 0.678 e. The van der Waals surface area contributed by atoms with E-state index in [-0.39, 0.29) is 5.94 Å². The third kappa shape index (κ3) is 1.18. The van der Waals surface area contributed by atoms with Crippen LogP contribution >= 0.6 is 15.8 Å². The third-order valence-corrected chi connectivity index (χ3v) is 2.63. The average molecular weight is 249 g/mol. The molecular formula is C10H6BBrO2. The molecule has 3 rings (SSSR count). The second kappa shape index (κ2) is 2.92. The van der Waals surface area contributed by atoms with Crippen molar-refractivity contribution in [2.45, 2.75) is 0 Å². The van der Waals surface area contributed by atoms with E-state index >= 15 is 0 Å². The molecule has 14 heavy (non-hydrogen) atoms. The van der Waals surface area contributed by atoms with Gasteiger partial charge in [-0.05, 0) is 38.7 Å². The van der Waals surface area contributed by atoms with Crippen LogP contribution in [-0.2, 0) is 0 Å². The standard InChI is InChI=1S/C10H6BBrO2/c12-11-13-9-5-7-3-1-2-4-8(7)6-10(9)14-11/h1-6H. The van der Waals surface area contributed by atoms with Gasteiger partial charge in [-0.25, -0.2) is 0 Å². The van der Waals surface area contributed by atoms with Crippen molar-refractivity contribution in [1.29, 1.82) is 0 Å². The lowest BCUT2D eigenvalue weighted by Crippen LogP contribution is -2.14. The zero-order chi connectivity index (χ0) is 9.54. The minimum atomic E-state index is -0.352. The van der Waals surface area contributed by atoms with Crippen molar-refractivity contribution in [3.63, 3.8) is 0 Å². The molecule has 2 nitrogen and oxygen atoms in total. The Morgan fingerprint density at radius 2 is 1.43 bits per heavy atom. The first-order chi connectivity index (χ1) is 6.83. The maximum Gasteiger partial charge on any atom is 0.678 e. The summed E-state index contributed by atoms with van der Waals surface area (Å²) < 4.78 is 10.8. The Morgan fingerprint density at radius 3 is 1.93 bits per heavy atom. The van der Waals surface area contributed by atoms with Gasteiger partial charge in [0.25, 0.3) is 0 Å². The molecule has 0 aliphatic carbocycles. The molecule has 1 heterocycles. The molecule has 1 aliphatic rings. The first-order valence-corrected chi connectivity index (χ1v) is 5.25. The van der Waals surface area contributed by atoms with Crippen molar-refractivity contribution in [3.05, 3.63) is 36.4 Å². The summed E-state index contributed by atoms with van der Waals surface area (Å²) >= 11 is 3.25. The summed E-state index contributed by atoms with van der Waals surface area (Å²) in [5.41, 5.74) is 0. The fraction of sp³-hybridized carbons (Fsp3) is 0.